The number of methoxy groups -OCH3 is 2. The van der Waals surface area contributed by atoms with Crippen molar-refractivity contribution in [3.63, 3.8) is 0 Å². The molecule has 0 saturated heterocycles. The molecule has 132 valence electrons. The van der Waals surface area contributed by atoms with Crippen molar-refractivity contribution >= 4 is 23.0 Å². The van der Waals surface area contributed by atoms with Crippen molar-refractivity contribution in [2.45, 2.75) is 0 Å². The highest BCUT2D eigenvalue weighted by Gasteiger charge is 2.10. The Morgan fingerprint density at radius 2 is 1.85 bits per heavy atom. The fraction of sp³-hybridized carbons (Fsp3) is 0.105. The summed E-state index contributed by atoms with van der Waals surface area (Å²) in [5.74, 6) is 0.691. The van der Waals surface area contributed by atoms with Crippen LogP contribution < -0.4 is 20.5 Å². The maximum absolute atomic E-state index is 12.4. The van der Waals surface area contributed by atoms with Gasteiger partial charge in [-0.25, -0.2) is 5.43 Å². The molecular weight excluding hydrogens is 334 g/mol. The van der Waals surface area contributed by atoms with Crippen LogP contribution in [0.4, 0.5) is 0 Å². The molecule has 0 atom stereocenters. The number of aromatic nitrogens is 1. The van der Waals surface area contributed by atoms with Crippen molar-refractivity contribution in [3.05, 3.63) is 70.0 Å². The van der Waals surface area contributed by atoms with Gasteiger partial charge >= 0.3 is 0 Å². The van der Waals surface area contributed by atoms with Gasteiger partial charge in [-0.3, -0.25) is 9.59 Å². The second-order valence-electron chi connectivity index (χ2n) is 5.41. The Labute approximate surface area is 149 Å². The summed E-state index contributed by atoms with van der Waals surface area (Å²) in [6, 6.07) is 13.6. The molecule has 0 fully saturated rings. The van der Waals surface area contributed by atoms with Gasteiger partial charge in [-0.15, -0.1) is 0 Å². The standard InChI is InChI=1S/C19H17N3O4/c1-25-16-8-7-12(9-17(16)26-2)11-20-22-19(24)14-10-18(23)21-15-6-4-3-5-13(14)15/h3-11H,1-2H3,(H,21,23)(H,22,24)/b20-11-. The summed E-state index contributed by atoms with van der Waals surface area (Å²) in [7, 11) is 3.09. The summed E-state index contributed by atoms with van der Waals surface area (Å²) in [5, 5.41) is 4.60. The summed E-state index contributed by atoms with van der Waals surface area (Å²) in [6.07, 6.45) is 1.48. The molecule has 0 saturated carbocycles. The number of aromatic amines is 1. The number of nitrogens with one attached hydrogen (secondary N) is 2. The van der Waals surface area contributed by atoms with Gasteiger partial charge in [0.15, 0.2) is 11.5 Å². The van der Waals surface area contributed by atoms with E-state index in [2.05, 4.69) is 15.5 Å². The molecule has 0 unspecified atom stereocenters. The number of pyridine rings is 1. The summed E-state index contributed by atoms with van der Waals surface area (Å²) in [5.41, 5.74) is 3.66. The Hall–Kier alpha value is -3.61. The van der Waals surface area contributed by atoms with Crippen molar-refractivity contribution < 1.29 is 14.3 Å². The predicted molar refractivity (Wildman–Crippen MR) is 99.2 cm³/mol. The average molecular weight is 351 g/mol. The minimum Gasteiger partial charge on any atom is -0.493 e. The molecule has 2 aromatic carbocycles. The lowest BCUT2D eigenvalue weighted by molar-refractivity contribution is 0.0956. The van der Waals surface area contributed by atoms with Crippen LogP contribution in [0.5, 0.6) is 11.5 Å². The second kappa shape index (κ2) is 7.52. The molecule has 0 spiro atoms. The van der Waals surface area contributed by atoms with Crippen LogP contribution in [0.15, 0.2) is 58.4 Å². The molecule has 0 bridgehead atoms. The molecule has 7 heteroatoms. The van der Waals surface area contributed by atoms with E-state index < -0.39 is 5.91 Å². The Morgan fingerprint density at radius 1 is 1.08 bits per heavy atom. The highest BCUT2D eigenvalue weighted by molar-refractivity contribution is 6.06. The number of fused-ring (bicyclic) bond motifs is 1. The van der Waals surface area contributed by atoms with Crippen molar-refractivity contribution in [2.24, 2.45) is 5.10 Å². The highest BCUT2D eigenvalue weighted by Crippen LogP contribution is 2.26. The number of rotatable bonds is 5. The number of nitrogens with zero attached hydrogens (tertiary/aromatic N) is 1. The fourth-order valence-corrected chi connectivity index (χ4v) is 2.55. The molecular formula is C19H17N3O4. The van der Waals surface area contributed by atoms with E-state index in [0.717, 1.165) is 5.56 Å². The van der Waals surface area contributed by atoms with Gasteiger partial charge in [0.05, 0.1) is 26.0 Å². The van der Waals surface area contributed by atoms with E-state index in [-0.39, 0.29) is 11.1 Å². The summed E-state index contributed by atoms with van der Waals surface area (Å²) in [6.45, 7) is 0. The molecule has 26 heavy (non-hydrogen) atoms. The van der Waals surface area contributed by atoms with Gasteiger partial charge in [0.2, 0.25) is 5.56 Å². The first-order valence-corrected chi connectivity index (χ1v) is 7.80. The zero-order valence-electron chi connectivity index (χ0n) is 14.3. The Morgan fingerprint density at radius 3 is 2.62 bits per heavy atom. The summed E-state index contributed by atoms with van der Waals surface area (Å²) >= 11 is 0. The van der Waals surface area contributed by atoms with Gasteiger partial charge < -0.3 is 14.5 Å². The van der Waals surface area contributed by atoms with Gasteiger partial charge in [0.1, 0.15) is 0 Å². The second-order valence-corrected chi connectivity index (χ2v) is 5.41. The lowest BCUT2D eigenvalue weighted by Gasteiger charge is -2.07. The third kappa shape index (κ3) is 3.56. The molecule has 0 radical (unpaired) electrons. The topological polar surface area (TPSA) is 92.8 Å². The van der Waals surface area contributed by atoms with Gasteiger partial charge in [-0.05, 0) is 29.8 Å². The number of para-hydroxylation sites is 1. The predicted octanol–water partition coefficient (Wildman–Crippen LogP) is 2.31. The number of hydrazone groups is 1. The van der Waals surface area contributed by atoms with Crippen molar-refractivity contribution in [1.82, 2.24) is 10.4 Å². The number of hydrogen-bond acceptors (Lipinski definition) is 5. The SMILES string of the molecule is COc1ccc(/C=N\NC(=O)c2cc(=O)[nH]c3ccccc23)cc1OC. The first-order valence-electron chi connectivity index (χ1n) is 7.80. The molecule has 0 aliphatic heterocycles. The van der Waals surface area contributed by atoms with Crippen molar-refractivity contribution in [3.8, 4) is 11.5 Å². The van der Waals surface area contributed by atoms with Crippen molar-refractivity contribution in [1.29, 1.82) is 0 Å². The van der Waals surface area contributed by atoms with Crippen LogP contribution in [-0.2, 0) is 0 Å². The molecule has 0 aliphatic carbocycles. The van der Waals surface area contributed by atoms with E-state index in [1.54, 1.807) is 56.7 Å². The smallest absolute Gasteiger partial charge is 0.272 e. The summed E-state index contributed by atoms with van der Waals surface area (Å²) < 4.78 is 10.4. The van der Waals surface area contributed by atoms with Crippen LogP contribution in [-0.4, -0.2) is 31.3 Å². The summed E-state index contributed by atoms with van der Waals surface area (Å²) in [4.78, 5) is 26.8. The van der Waals surface area contributed by atoms with Crippen LogP contribution in [0, 0.1) is 0 Å². The lowest BCUT2D eigenvalue weighted by atomic mass is 10.1. The number of carbonyl (C=O) groups excluding carboxylic acids is 1. The third-order valence-electron chi connectivity index (χ3n) is 3.78. The average Bonchev–Trinajstić information content (AvgIpc) is 2.67. The minimum atomic E-state index is -0.468. The zero-order valence-corrected chi connectivity index (χ0v) is 14.3. The first-order chi connectivity index (χ1) is 12.6. The van der Waals surface area contributed by atoms with Gasteiger partial charge in [-0.1, -0.05) is 18.2 Å². The van der Waals surface area contributed by atoms with E-state index in [1.807, 2.05) is 0 Å². The maximum atomic E-state index is 12.4. The number of carbonyl (C=O) groups is 1. The van der Waals surface area contributed by atoms with Gasteiger partial charge in [0, 0.05) is 17.0 Å². The van der Waals surface area contributed by atoms with Crippen molar-refractivity contribution in [2.75, 3.05) is 14.2 Å². The molecule has 2 N–H and O–H groups in total. The number of hydrogen-bond donors (Lipinski definition) is 2. The molecule has 0 aliphatic rings. The van der Waals surface area contributed by atoms with Crippen LogP contribution in [0.1, 0.15) is 15.9 Å². The van der Waals surface area contributed by atoms with Gasteiger partial charge in [0.25, 0.3) is 5.91 Å². The molecule has 1 amide bonds. The van der Waals surface area contributed by atoms with Gasteiger partial charge in [-0.2, -0.15) is 5.10 Å². The van der Waals surface area contributed by atoms with E-state index in [4.69, 9.17) is 9.47 Å². The largest absolute Gasteiger partial charge is 0.493 e. The normalized spacial score (nSPS) is 10.8. The Kier molecular flexibility index (Phi) is 4.98. The molecule has 1 aromatic heterocycles. The van der Waals surface area contributed by atoms with Crippen LogP contribution in [0.25, 0.3) is 10.9 Å². The molecule has 1 heterocycles. The highest BCUT2D eigenvalue weighted by atomic mass is 16.5. The third-order valence-corrected chi connectivity index (χ3v) is 3.78. The van der Waals surface area contributed by atoms with E-state index in [0.29, 0.717) is 22.4 Å². The maximum Gasteiger partial charge on any atom is 0.272 e. The molecule has 3 aromatic rings. The van der Waals surface area contributed by atoms with E-state index >= 15 is 0 Å². The Bertz CT molecular complexity index is 1040. The molecule has 3 rings (SSSR count). The number of amides is 1. The molecule has 7 nitrogen and oxygen atoms in total. The minimum absolute atomic E-state index is 0.258. The number of benzene rings is 2. The van der Waals surface area contributed by atoms with Crippen LogP contribution >= 0.6 is 0 Å². The Balaban J connectivity index is 1.81. The lowest BCUT2D eigenvalue weighted by Crippen LogP contribution is -2.20. The van der Waals surface area contributed by atoms with Crippen LogP contribution in [0.3, 0.4) is 0 Å². The number of ether oxygens (including phenoxy) is 2. The quantitative estimate of drug-likeness (QED) is 0.545. The van der Waals surface area contributed by atoms with Crippen LogP contribution in [0.2, 0.25) is 0 Å². The monoisotopic (exact) mass is 351 g/mol. The zero-order chi connectivity index (χ0) is 18.5. The fourth-order valence-electron chi connectivity index (χ4n) is 2.55. The number of H-pyrrole nitrogens is 1. The first kappa shape index (κ1) is 17.2. The van der Waals surface area contributed by atoms with E-state index in [1.165, 1.54) is 12.3 Å². The van der Waals surface area contributed by atoms with E-state index in [9.17, 15) is 9.59 Å².